The fourth-order valence-electron chi connectivity index (χ4n) is 1.57. The molecule has 0 spiro atoms. The standard InChI is InChI=1S/C12H23NO4/c1-5-16-12(15)7-11(17-9(4)14)10(13)6-8(2)3/h8,10-11H,5-7,13H2,1-4H3/t10-,11-/m1/s1. The SMILES string of the molecule is CCOC(=O)C[C@@H](OC(C)=O)[C@H](N)CC(C)C. The number of ether oxygens (including phenoxy) is 2. The number of nitrogens with two attached hydrogens (primary N) is 1. The van der Waals surface area contributed by atoms with Gasteiger partial charge in [-0.3, -0.25) is 9.59 Å². The normalized spacial score (nSPS) is 14.2. The first-order valence-electron chi connectivity index (χ1n) is 5.95. The molecule has 0 saturated carbocycles. The minimum Gasteiger partial charge on any atom is -0.466 e. The summed E-state index contributed by atoms with van der Waals surface area (Å²) in [6.07, 6.45) is 0.104. The lowest BCUT2D eigenvalue weighted by Crippen LogP contribution is -2.40. The van der Waals surface area contributed by atoms with Gasteiger partial charge in [-0.05, 0) is 19.3 Å². The summed E-state index contributed by atoms with van der Waals surface area (Å²) in [5.41, 5.74) is 5.93. The zero-order valence-corrected chi connectivity index (χ0v) is 11.1. The van der Waals surface area contributed by atoms with E-state index in [4.69, 9.17) is 15.2 Å². The fourth-order valence-corrected chi connectivity index (χ4v) is 1.57. The van der Waals surface area contributed by atoms with Crippen molar-refractivity contribution in [2.45, 2.75) is 52.7 Å². The summed E-state index contributed by atoms with van der Waals surface area (Å²) >= 11 is 0. The highest BCUT2D eigenvalue weighted by atomic mass is 16.6. The van der Waals surface area contributed by atoms with E-state index in [2.05, 4.69) is 0 Å². The third kappa shape index (κ3) is 7.74. The molecule has 0 saturated heterocycles. The van der Waals surface area contributed by atoms with Crippen LogP contribution < -0.4 is 5.73 Å². The molecule has 0 unspecified atom stereocenters. The van der Waals surface area contributed by atoms with Gasteiger partial charge in [0.25, 0.3) is 0 Å². The Bertz CT molecular complexity index is 253. The summed E-state index contributed by atoms with van der Waals surface area (Å²) in [7, 11) is 0. The smallest absolute Gasteiger partial charge is 0.309 e. The summed E-state index contributed by atoms with van der Waals surface area (Å²) in [5.74, 6) is -0.443. The summed E-state index contributed by atoms with van der Waals surface area (Å²) < 4.78 is 9.89. The van der Waals surface area contributed by atoms with Gasteiger partial charge in [0.1, 0.15) is 6.10 Å². The van der Waals surface area contributed by atoms with Crippen molar-refractivity contribution < 1.29 is 19.1 Å². The Kier molecular flexibility index (Phi) is 7.54. The van der Waals surface area contributed by atoms with E-state index in [1.165, 1.54) is 6.92 Å². The molecule has 0 aromatic heterocycles. The Labute approximate surface area is 103 Å². The third-order valence-electron chi connectivity index (χ3n) is 2.21. The van der Waals surface area contributed by atoms with Crippen LogP contribution in [0.3, 0.4) is 0 Å². The first-order chi connectivity index (χ1) is 7.86. The predicted octanol–water partition coefficient (Wildman–Crippen LogP) is 1.24. The van der Waals surface area contributed by atoms with Crippen LogP contribution >= 0.6 is 0 Å². The molecule has 0 aromatic rings. The number of carbonyl (C=O) groups excluding carboxylic acids is 2. The highest BCUT2D eigenvalue weighted by Crippen LogP contribution is 2.13. The van der Waals surface area contributed by atoms with Crippen LogP contribution in [-0.4, -0.2) is 30.7 Å². The molecular weight excluding hydrogens is 222 g/mol. The first kappa shape index (κ1) is 15.9. The number of esters is 2. The van der Waals surface area contributed by atoms with Gasteiger partial charge in [-0.2, -0.15) is 0 Å². The lowest BCUT2D eigenvalue weighted by molar-refractivity contribution is -0.154. The zero-order chi connectivity index (χ0) is 13.4. The predicted molar refractivity (Wildman–Crippen MR) is 64.2 cm³/mol. The highest BCUT2D eigenvalue weighted by Gasteiger charge is 2.25. The van der Waals surface area contributed by atoms with E-state index in [1.807, 2.05) is 13.8 Å². The molecule has 0 aliphatic rings. The Morgan fingerprint density at radius 3 is 2.29 bits per heavy atom. The second kappa shape index (κ2) is 8.06. The molecule has 0 fully saturated rings. The van der Waals surface area contributed by atoms with Crippen LogP contribution in [0, 0.1) is 5.92 Å². The molecule has 0 radical (unpaired) electrons. The van der Waals surface area contributed by atoms with Gasteiger partial charge in [-0.1, -0.05) is 13.8 Å². The van der Waals surface area contributed by atoms with E-state index >= 15 is 0 Å². The Balaban J connectivity index is 4.40. The summed E-state index contributed by atoms with van der Waals surface area (Å²) in [6, 6.07) is -0.344. The molecule has 0 heterocycles. The number of carbonyl (C=O) groups is 2. The molecule has 0 aromatic carbocycles. The van der Waals surface area contributed by atoms with E-state index in [-0.39, 0.29) is 12.5 Å². The fraction of sp³-hybridized carbons (Fsp3) is 0.833. The van der Waals surface area contributed by atoms with Crippen molar-refractivity contribution >= 4 is 11.9 Å². The molecule has 2 atom stereocenters. The molecule has 5 heteroatoms. The molecule has 0 bridgehead atoms. The largest absolute Gasteiger partial charge is 0.466 e. The Morgan fingerprint density at radius 1 is 1.29 bits per heavy atom. The summed E-state index contributed by atoms with van der Waals surface area (Å²) in [6.45, 7) is 7.39. The molecule has 0 rings (SSSR count). The minimum atomic E-state index is -0.603. The third-order valence-corrected chi connectivity index (χ3v) is 2.21. The molecule has 0 aliphatic carbocycles. The number of hydrogen-bond acceptors (Lipinski definition) is 5. The van der Waals surface area contributed by atoms with Crippen LogP contribution in [0.15, 0.2) is 0 Å². The first-order valence-corrected chi connectivity index (χ1v) is 5.95. The van der Waals surface area contributed by atoms with E-state index in [0.29, 0.717) is 18.9 Å². The van der Waals surface area contributed by atoms with Crippen LogP contribution in [0.25, 0.3) is 0 Å². The molecule has 0 amide bonds. The molecule has 5 nitrogen and oxygen atoms in total. The highest BCUT2D eigenvalue weighted by molar-refractivity contribution is 5.71. The average Bonchev–Trinajstić information content (AvgIpc) is 2.15. The quantitative estimate of drug-likeness (QED) is 0.683. The van der Waals surface area contributed by atoms with Gasteiger partial charge in [-0.15, -0.1) is 0 Å². The van der Waals surface area contributed by atoms with Gasteiger partial charge >= 0.3 is 11.9 Å². The maximum absolute atomic E-state index is 11.4. The van der Waals surface area contributed by atoms with Gasteiger partial charge in [-0.25, -0.2) is 0 Å². The number of hydrogen-bond donors (Lipinski definition) is 1. The van der Waals surface area contributed by atoms with Crippen molar-refractivity contribution in [1.29, 1.82) is 0 Å². The lowest BCUT2D eigenvalue weighted by atomic mass is 9.98. The van der Waals surface area contributed by atoms with Crippen LogP contribution in [0.1, 0.15) is 40.5 Å². The van der Waals surface area contributed by atoms with Crippen molar-refractivity contribution in [3.05, 3.63) is 0 Å². The van der Waals surface area contributed by atoms with E-state index < -0.39 is 18.0 Å². The van der Waals surface area contributed by atoms with Crippen molar-refractivity contribution in [2.24, 2.45) is 11.7 Å². The van der Waals surface area contributed by atoms with Crippen LogP contribution in [0.2, 0.25) is 0 Å². The molecule has 17 heavy (non-hydrogen) atoms. The van der Waals surface area contributed by atoms with Crippen LogP contribution in [0.4, 0.5) is 0 Å². The van der Waals surface area contributed by atoms with E-state index in [1.54, 1.807) is 6.92 Å². The van der Waals surface area contributed by atoms with Crippen molar-refractivity contribution in [2.75, 3.05) is 6.61 Å². The van der Waals surface area contributed by atoms with Crippen LogP contribution in [0.5, 0.6) is 0 Å². The molecule has 0 aliphatic heterocycles. The monoisotopic (exact) mass is 245 g/mol. The van der Waals surface area contributed by atoms with Crippen molar-refractivity contribution in [3.63, 3.8) is 0 Å². The minimum absolute atomic E-state index is 0.0152. The lowest BCUT2D eigenvalue weighted by Gasteiger charge is -2.24. The second-order valence-electron chi connectivity index (χ2n) is 4.45. The zero-order valence-electron chi connectivity index (χ0n) is 11.1. The maximum Gasteiger partial charge on any atom is 0.309 e. The van der Waals surface area contributed by atoms with E-state index in [0.717, 1.165) is 0 Å². The van der Waals surface area contributed by atoms with Gasteiger partial charge in [0, 0.05) is 13.0 Å². The molecule has 100 valence electrons. The van der Waals surface area contributed by atoms with Gasteiger partial charge in [0.2, 0.25) is 0 Å². The Hall–Kier alpha value is -1.10. The maximum atomic E-state index is 11.4. The van der Waals surface area contributed by atoms with Crippen molar-refractivity contribution in [1.82, 2.24) is 0 Å². The van der Waals surface area contributed by atoms with Gasteiger partial charge in [0.15, 0.2) is 0 Å². The second-order valence-corrected chi connectivity index (χ2v) is 4.45. The topological polar surface area (TPSA) is 78.6 Å². The Morgan fingerprint density at radius 2 is 1.88 bits per heavy atom. The summed E-state index contributed by atoms with van der Waals surface area (Å²) in [4.78, 5) is 22.3. The molecular formula is C12H23NO4. The van der Waals surface area contributed by atoms with Crippen LogP contribution in [-0.2, 0) is 19.1 Å². The molecule has 2 N–H and O–H groups in total. The van der Waals surface area contributed by atoms with Gasteiger partial charge < -0.3 is 15.2 Å². The number of rotatable bonds is 7. The summed E-state index contributed by atoms with van der Waals surface area (Å²) in [5, 5.41) is 0. The van der Waals surface area contributed by atoms with Gasteiger partial charge in [0.05, 0.1) is 13.0 Å². The average molecular weight is 245 g/mol. The van der Waals surface area contributed by atoms with E-state index in [9.17, 15) is 9.59 Å². The van der Waals surface area contributed by atoms with Crippen molar-refractivity contribution in [3.8, 4) is 0 Å².